The molecule has 0 unspecified atom stereocenters. The number of aryl methyl sites for hydroxylation is 2. The van der Waals surface area contributed by atoms with Gasteiger partial charge in [-0.15, -0.1) is 11.3 Å². The van der Waals surface area contributed by atoms with Gasteiger partial charge in [-0.25, -0.2) is 4.98 Å². The van der Waals surface area contributed by atoms with Gasteiger partial charge in [0.2, 0.25) is 0 Å². The molecule has 0 N–H and O–H groups in total. The molecule has 6 nitrogen and oxygen atoms in total. The van der Waals surface area contributed by atoms with Crippen LogP contribution in [0.4, 0.5) is 0 Å². The molecular formula is C21H22N2O4S. The minimum Gasteiger partial charge on any atom is -0.496 e. The van der Waals surface area contributed by atoms with Crippen molar-refractivity contribution in [1.29, 1.82) is 0 Å². The molecule has 0 fully saturated rings. The summed E-state index contributed by atoms with van der Waals surface area (Å²) in [5, 5.41) is 0.746. The third kappa shape index (κ3) is 2.77. The topological polar surface area (TPSA) is 62.6 Å². The predicted molar refractivity (Wildman–Crippen MR) is 112 cm³/mol. The molecular weight excluding hydrogens is 376 g/mol. The first kappa shape index (κ1) is 18.6. The molecule has 3 heterocycles. The molecule has 0 saturated heterocycles. The van der Waals surface area contributed by atoms with E-state index in [0.717, 1.165) is 44.0 Å². The maximum Gasteiger partial charge on any atom is 0.262 e. The minimum absolute atomic E-state index is 0.0459. The van der Waals surface area contributed by atoms with E-state index >= 15 is 0 Å². The van der Waals surface area contributed by atoms with Crippen LogP contribution in [0, 0.1) is 13.8 Å². The molecule has 7 heteroatoms. The highest BCUT2D eigenvalue weighted by atomic mass is 32.1. The van der Waals surface area contributed by atoms with Crippen LogP contribution in [0.3, 0.4) is 0 Å². The van der Waals surface area contributed by atoms with E-state index in [1.165, 1.54) is 0 Å². The lowest BCUT2D eigenvalue weighted by atomic mass is 10.1. The Bertz CT molecular complexity index is 1170. The number of allylic oxidation sites excluding steroid dienone is 1. The third-order valence-corrected chi connectivity index (χ3v) is 6.35. The molecule has 1 aliphatic rings. The largest absolute Gasteiger partial charge is 0.496 e. The lowest BCUT2D eigenvalue weighted by molar-refractivity contribution is 0.348. The van der Waals surface area contributed by atoms with E-state index in [1.807, 2.05) is 26.0 Å². The second kappa shape index (κ2) is 6.98. The normalized spacial score (nSPS) is 14.5. The number of hydrogen-bond donors (Lipinski definition) is 0. The average molecular weight is 398 g/mol. The van der Waals surface area contributed by atoms with Gasteiger partial charge < -0.3 is 14.2 Å². The number of thiophene rings is 1. The second-order valence-electron chi connectivity index (χ2n) is 6.72. The Balaban J connectivity index is 1.89. The van der Waals surface area contributed by atoms with Crippen molar-refractivity contribution in [3.8, 4) is 17.2 Å². The van der Waals surface area contributed by atoms with E-state index in [-0.39, 0.29) is 5.56 Å². The van der Waals surface area contributed by atoms with E-state index in [1.54, 1.807) is 43.3 Å². The molecule has 146 valence electrons. The summed E-state index contributed by atoms with van der Waals surface area (Å²) in [5.74, 6) is 2.64. The summed E-state index contributed by atoms with van der Waals surface area (Å²) in [5.41, 5.74) is 2.95. The molecule has 28 heavy (non-hydrogen) atoms. The van der Waals surface area contributed by atoms with Crippen LogP contribution in [0.2, 0.25) is 0 Å². The first-order valence-electron chi connectivity index (χ1n) is 9.00. The Morgan fingerprint density at radius 2 is 1.75 bits per heavy atom. The number of hydrogen-bond acceptors (Lipinski definition) is 6. The third-order valence-electron chi connectivity index (χ3n) is 5.25. The SMILES string of the molecule is COc1cc(OC)c(OC)cc1C=C1CCn2c1nc1sc(C)c(C)c1c2=O. The van der Waals surface area contributed by atoms with E-state index in [0.29, 0.717) is 23.8 Å². The Morgan fingerprint density at radius 3 is 2.43 bits per heavy atom. The zero-order valence-corrected chi connectivity index (χ0v) is 17.4. The number of aromatic nitrogens is 2. The van der Waals surface area contributed by atoms with E-state index in [2.05, 4.69) is 0 Å². The highest BCUT2D eigenvalue weighted by Gasteiger charge is 2.24. The van der Waals surface area contributed by atoms with Crippen LogP contribution in [-0.2, 0) is 6.54 Å². The Hall–Kier alpha value is -2.80. The van der Waals surface area contributed by atoms with Crippen molar-refractivity contribution in [2.24, 2.45) is 0 Å². The van der Waals surface area contributed by atoms with Crippen LogP contribution in [-0.4, -0.2) is 30.9 Å². The van der Waals surface area contributed by atoms with Gasteiger partial charge in [-0.3, -0.25) is 9.36 Å². The lowest BCUT2D eigenvalue weighted by Gasteiger charge is -2.12. The number of methoxy groups -OCH3 is 3. The standard InChI is InChI=1S/C21H22N2O4S/c1-11-12(2)28-20-18(11)21(24)23-7-6-13(19(23)22-20)8-14-9-16(26-4)17(27-5)10-15(14)25-3/h8-10H,6-7H2,1-5H3. The van der Waals surface area contributed by atoms with Crippen LogP contribution in [0.5, 0.6) is 17.2 Å². The molecule has 2 aromatic heterocycles. The molecule has 0 spiro atoms. The summed E-state index contributed by atoms with van der Waals surface area (Å²) in [4.78, 5) is 19.8. The van der Waals surface area contributed by atoms with Crippen molar-refractivity contribution in [3.05, 3.63) is 44.3 Å². The van der Waals surface area contributed by atoms with Gasteiger partial charge in [-0.05, 0) is 43.5 Å². The van der Waals surface area contributed by atoms with Crippen LogP contribution >= 0.6 is 11.3 Å². The Kier molecular flexibility index (Phi) is 4.63. The van der Waals surface area contributed by atoms with Crippen molar-refractivity contribution >= 4 is 33.2 Å². The van der Waals surface area contributed by atoms with Gasteiger partial charge >= 0.3 is 0 Å². The van der Waals surface area contributed by atoms with E-state index < -0.39 is 0 Å². The minimum atomic E-state index is 0.0459. The van der Waals surface area contributed by atoms with Crippen LogP contribution in [0.15, 0.2) is 16.9 Å². The number of fused-ring (bicyclic) bond motifs is 2. The van der Waals surface area contributed by atoms with E-state index in [9.17, 15) is 4.79 Å². The average Bonchev–Trinajstić information content (AvgIpc) is 3.22. The van der Waals surface area contributed by atoms with Crippen molar-refractivity contribution in [2.45, 2.75) is 26.8 Å². The highest BCUT2D eigenvalue weighted by Crippen LogP contribution is 2.38. The molecule has 1 aromatic carbocycles. The maximum absolute atomic E-state index is 13.0. The highest BCUT2D eigenvalue weighted by molar-refractivity contribution is 7.18. The molecule has 0 aliphatic carbocycles. The molecule has 4 rings (SSSR count). The molecule has 0 radical (unpaired) electrons. The molecule has 0 saturated carbocycles. The first-order chi connectivity index (χ1) is 13.5. The quantitative estimate of drug-likeness (QED) is 0.664. The summed E-state index contributed by atoms with van der Waals surface area (Å²) < 4.78 is 18.1. The van der Waals surface area contributed by atoms with Crippen molar-refractivity contribution in [1.82, 2.24) is 9.55 Å². The Labute approximate surface area is 167 Å². The molecule has 3 aromatic rings. The lowest BCUT2D eigenvalue weighted by Crippen LogP contribution is -2.20. The van der Waals surface area contributed by atoms with Crippen LogP contribution in [0.1, 0.15) is 28.2 Å². The summed E-state index contributed by atoms with van der Waals surface area (Å²) in [7, 11) is 4.82. The molecule has 0 amide bonds. The van der Waals surface area contributed by atoms with Gasteiger partial charge in [0.15, 0.2) is 11.5 Å². The van der Waals surface area contributed by atoms with Gasteiger partial charge in [-0.1, -0.05) is 0 Å². The maximum atomic E-state index is 13.0. The summed E-state index contributed by atoms with van der Waals surface area (Å²) in [6.07, 6.45) is 2.76. The fraction of sp³-hybridized carbons (Fsp3) is 0.333. The number of rotatable bonds is 4. The monoisotopic (exact) mass is 398 g/mol. The van der Waals surface area contributed by atoms with Gasteiger partial charge in [0, 0.05) is 23.1 Å². The fourth-order valence-corrected chi connectivity index (χ4v) is 4.63. The first-order valence-corrected chi connectivity index (χ1v) is 9.81. The Morgan fingerprint density at radius 1 is 1.07 bits per heavy atom. The van der Waals surface area contributed by atoms with Crippen LogP contribution < -0.4 is 19.8 Å². The van der Waals surface area contributed by atoms with Gasteiger partial charge in [0.1, 0.15) is 16.4 Å². The smallest absolute Gasteiger partial charge is 0.262 e. The van der Waals surface area contributed by atoms with Crippen molar-refractivity contribution in [2.75, 3.05) is 21.3 Å². The van der Waals surface area contributed by atoms with Gasteiger partial charge in [0.05, 0.1) is 26.7 Å². The summed E-state index contributed by atoms with van der Waals surface area (Å²) >= 11 is 1.57. The zero-order chi connectivity index (χ0) is 20.0. The van der Waals surface area contributed by atoms with Gasteiger partial charge in [0.25, 0.3) is 5.56 Å². The van der Waals surface area contributed by atoms with E-state index in [4.69, 9.17) is 19.2 Å². The number of ether oxygens (including phenoxy) is 3. The zero-order valence-electron chi connectivity index (χ0n) is 16.6. The summed E-state index contributed by atoms with van der Waals surface area (Å²) in [6, 6.07) is 3.68. The number of nitrogens with zero attached hydrogens (tertiary/aromatic N) is 2. The molecule has 0 bridgehead atoms. The van der Waals surface area contributed by atoms with Crippen molar-refractivity contribution in [3.63, 3.8) is 0 Å². The fourth-order valence-electron chi connectivity index (χ4n) is 3.61. The molecule has 1 aliphatic heterocycles. The number of benzene rings is 1. The van der Waals surface area contributed by atoms with Crippen molar-refractivity contribution < 1.29 is 14.2 Å². The molecule has 0 atom stereocenters. The second-order valence-corrected chi connectivity index (χ2v) is 7.93. The summed E-state index contributed by atoms with van der Waals surface area (Å²) in [6.45, 7) is 4.65. The van der Waals surface area contributed by atoms with Crippen LogP contribution in [0.25, 0.3) is 21.9 Å². The van der Waals surface area contributed by atoms with Gasteiger partial charge in [-0.2, -0.15) is 0 Å². The predicted octanol–water partition coefficient (Wildman–Crippen LogP) is 4.04.